The SMILES string of the molecule is O=C(O)COC1CCN(Cc2occc2Br)CC1. The summed E-state index contributed by atoms with van der Waals surface area (Å²) in [6.45, 7) is 2.38. The molecule has 1 aliphatic rings. The molecule has 0 aliphatic carbocycles. The van der Waals surface area contributed by atoms with Gasteiger partial charge in [-0.1, -0.05) is 0 Å². The zero-order chi connectivity index (χ0) is 13.0. The third-order valence-corrected chi connectivity index (χ3v) is 3.74. The van der Waals surface area contributed by atoms with Gasteiger partial charge in [0.2, 0.25) is 0 Å². The highest BCUT2D eigenvalue weighted by molar-refractivity contribution is 9.10. The summed E-state index contributed by atoms with van der Waals surface area (Å²) in [5, 5.41) is 8.54. The van der Waals surface area contributed by atoms with E-state index >= 15 is 0 Å². The number of carboxylic acids is 1. The summed E-state index contributed by atoms with van der Waals surface area (Å²) in [5.41, 5.74) is 0. The Bertz CT molecular complexity index is 399. The largest absolute Gasteiger partial charge is 0.480 e. The summed E-state index contributed by atoms with van der Waals surface area (Å²) in [4.78, 5) is 12.7. The fourth-order valence-electron chi connectivity index (χ4n) is 2.06. The minimum atomic E-state index is -0.906. The first-order chi connectivity index (χ1) is 8.65. The molecule has 0 bridgehead atoms. The van der Waals surface area contributed by atoms with Gasteiger partial charge < -0.3 is 14.3 Å². The van der Waals surface area contributed by atoms with Crippen LogP contribution in [0.25, 0.3) is 0 Å². The van der Waals surface area contributed by atoms with E-state index in [1.165, 1.54) is 0 Å². The molecule has 0 spiro atoms. The molecule has 5 nitrogen and oxygen atoms in total. The van der Waals surface area contributed by atoms with Crippen molar-refractivity contribution >= 4 is 21.9 Å². The van der Waals surface area contributed by atoms with Gasteiger partial charge in [0.25, 0.3) is 0 Å². The number of carboxylic acid groups (broad SMARTS) is 1. The average molecular weight is 318 g/mol. The normalized spacial score (nSPS) is 18.1. The molecule has 0 amide bonds. The number of rotatable bonds is 5. The number of nitrogens with zero attached hydrogens (tertiary/aromatic N) is 1. The zero-order valence-electron chi connectivity index (χ0n) is 9.97. The van der Waals surface area contributed by atoms with Gasteiger partial charge in [-0.25, -0.2) is 4.79 Å². The molecule has 18 heavy (non-hydrogen) atoms. The van der Waals surface area contributed by atoms with Crippen LogP contribution in [0.1, 0.15) is 18.6 Å². The predicted octanol–water partition coefficient (Wildman–Crippen LogP) is 2.11. The predicted molar refractivity (Wildman–Crippen MR) is 68.3 cm³/mol. The maximum Gasteiger partial charge on any atom is 0.329 e. The van der Waals surface area contributed by atoms with Gasteiger partial charge in [0.15, 0.2) is 0 Å². The Labute approximate surface area is 114 Å². The van der Waals surface area contributed by atoms with Gasteiger partial charge in [0.05, 0.1) is 23.4 Å². The molecule has 1 fully saturated rings. The highest BCUT2D eigenvalue weighted by Gasteiger charge is 2.21. The molecule has 0 saturated carbocycles. The Hall–Kier alpha value is -0.850. The van der Waals surface area contributed by atoms with Crippen molar-refractivity contribution < 1.29 is 19.1 Å². The maximum atomic E-state index is 10.4. The number of halogens is 1. The molecule has 1 N–H and O–H groups in total. The van der Waals surface area contributed by atoms with Crippen molar-refractivity contribution in [3.8, 4) is 0 Å². The van der Waals surface area contributed by atoms with Crippen LogP contribution in [0, 0.1) is 0 Å². The van der Waals surface area contributed by atoms with E-state index in [1.54, 1.807) is 6.26 Å². The number of carbonyl (C=O) groups is 1. The lowest BCUT2D eigenvalue weighted by Crippen LogP contribution is -2.37. The second-order valence-corrected chi connectivity index (χ2v) is 5.23. The lowest BCUT2D eigenvalue weighted by molar-refractivity contribution is -0.145. The van der Waals surface area contributed by atoms with Gasteiger partial charge in [0.1, 0.15) is 12.4 Å². The van der Waals surface area contributed by atoms with E-state index in [-0.39, 0.29) is 12.7 Å². The monoisotopic (exact) mass is 317 g/mol. The molecular formula is C12H16BrNO4. The van der Waals surface area contributed by atoms with E-state index < -0.39 is 5.97 Å². The molecule has 0 aromatic carbocycles. The molecular weight excluding hydrogens is 302 g/mol. The molecule has 1 aliphatic heterocycles. The summed E-state index contributed by atoms with van der Waals surface area (Å²) >= 11 is 3.44. The number of hydrogen-bond donors (Lipinski definition) is 1. The van der Waals surface area contributed by atoms with Gasteiger partial charge in [-0.2, -0.15) is 0 Å². The van der Waals surface area contributed by atoms with E-state index in [0.29, 0.717) is 0 Å². The fourth-order valence-corrected chi connectivity index (χ4v) is 2.39. The number of ether oxygens (including phenoxy) is 1. The minimum absolute atomic E-state index is 0.0670. The third kappa shape index (κ3) is 3.83. The molecule has 0 unspecified atom stereocenters. The van der Waals surface area contributed by atoms with Crippen molar-refractivity contribution in [3.05, 3.63) is 22.6 Å². The van der Waals surface area contributed by atoms with Gasteiger partial charge in [0, 0.05) is 13.1 Å². The molecule has 2 rings (SSSR count). The van der Waals surface area contributed by atoms with E-state index in [1.807, 2.05) is 6.07 Å². The molecule has 0 radical (unpaired) electrons. The van der Waals surface area contributed by atoms with Crippen LogP contribution in [0.4, 0.5) is 0 Å². The topological polar surface area (TPSA) is 62.9 Å². The standard InChI is InChI=1S/C12H16BrNO4/c13-10-3-6-17-11(10)7-14-4-1-9(2-5-14)18-8-12(15)16/h3,6,9H,1-2,4-5,7-8H2,(H,15,16). The van der Waals surface area contributed by atoms with Crippen LogP contribution in [-0.4, -0.2) is 41.8 Å². The van der Waals surface area contributed by atoms with Crippen LogP contribution in [0.2, 0.25) is 0 Å². The van der Waals surface area contributed by atoms with Crippen LogP contribution in [0.3, 0.4) is 0 Å². The van der Waals surface area contributed by atoms with Gasteiger partial charge >= 0.3 is 5.97 Å². The summed E-state index contributed by atoms with van der Waals surface area (Å²) in [5.74, 6) is 0.0249. The van der Waals surface area contributed by atoms with Gasteiger partial charge in [-0.05, 0) is 34.8 Å². The zero-order valence-corrected chi connectivity index (χ0v) is 11.6. The maximum absolute atomic E-state index is 10.4. The molecule has 1 aromatic rings. The number of piperidine rings is 1. The van der Waals surface area contributed by atoms with Crippen molar-refractivity contribution in [2.75, 3.05) is 19.7 Å². The lowest BCUT2D eigenvalue weighted by Gasteiger charge is -2.31. The first-order valence-corrected chi connectivity index (χ1v) is 6.72. The Kier molecular flexibility index (Phi) is 4.79. The summed E-state index contributed by atoms with van der Waals surface area (Å²) in [6, 6.07) is 1.89. The Morgan fingerprint density at radius 1 is 1.56 bits per heavy atom. The number of likely N-dealkylation sites (tertiary alicyclic amines) is 1. The molecule has 2 heterocycles. The molecule has 6 heteroatoms. The van der Waals surface area contributed by atoms with Gasteiger partial charge in [-0.3, -0.25) is 4.90 Å². The first kappa shape index (κ1) is 13.6. The summed E-state index contributed by atoms with van der Waals surface area (Å²) in [7, 11) is 0. The Balaban J connectivity index is 1.73. The highest BCUT2D eigenvalue weighted by atomic mass is 79.9. The summed E-state index contributed by atoms with van der Waals surface area (Å²) < 4.78 is 11.7. The van der Waals surface area contributed by atoms with E-state index in [4.69, 9.17) is 14.3 Å². The molecule has 1 saturated heterocycles. The Morgan fingerprint density at radius 2 is 2.28 bits per heavy atom. The second kappa shape index (κ2) is 6.36. The van der Waals surface area contributed by atoms with Crippen LogP contribution < -0.4 is 0 Å². The van der Waals surface area contributed by atoms with Crippen LogP contribution in [0.5, 0.6) is 0 Å². The van der Waals surface area contributed by atoms with Crippen molar-refractivity contribution in [3.63, 3.8) is 0 Å². The van der Waals surface area contributed by atoms with Crippen molar-refractivity contribution in [1.29, 1.82) is 0 Å². The number of furan rings is 1. The van der Waals surface area contributed by atoms with Crippen molar-refractivity contribution in [2.24, 2.45) is 0 Å². The highest BCUT2D eigenvalue weighted by Crippen LogP contribution is 2.22. The van der Waals surface area contributed by atoms with Crippen LogP contribution >= 0.6 is 15.9 Å². The van der Waals surface area contributed by atoms with E-state index in [9.17, 15) is 4.79 Å². The van der Waals surface area contributed by atoms with Crippen LogP contribution in [-0.2, 0) is 16.1 Å². The number of hydrogen-bond acceptors (Lipinski definition) is 4. The van der Waals surface area contributed by atoms with Crippen molar-refractivity contribution in [1.82, 2.24) is 4.90 Å². The average Bonchev–Trinajstić information content (AvgIpc) is 2.74. The molecule has 100 valence electrons. The first-order valence-electron chi connectivity index (χ1n) is 5.93. The van der Waals surface area contributed by atoms with Gasteiger partial charge in [-0.15, -0.1) is 0 Å². The van der Waals surface area contributed by atoms with Crippen molar-refractivity contribution in [2.45, 2.75) is 25.5 Å². The number of aliphatic carboxylic acids is 1. The minimum Gasteiger partial charge on any atom is -0.480 e. The third-order valence-electron chi connectivity index (χ3n) is 3.04. The fraction of sp³-hybridized carbons (Fsp3) is 0.583. The summed E-state index contributed by atoms with van der Waals surface area (Å²) in [6.07, 6.45) is 3.47. The van der Waals surface area contributed by atoms with Crippen LogP contribution in [0.15, 0.2) is 21.2 Å². The molecule has 0 atom stereocenters. The van der Waals surface area contributed by atoms with E-state index in [0.717, 1.165) is 42.7 Å². The molecule has 1 aromatic heterocycles. The Morgan fingerprint density at radius 3 is 2.83 bits per heavy atom. The van der Waals surface area contributed by atoms with E-state index in [2.05, 4.69) is 20.8 Å². The smallest absolute Gasteiger partial charge is 0.329 e. The lowest BCUT2D eigenvalue weighted by atomic mass is 10.1. The quantitative estimate of drug-likeness (QED) is 0.901. The second-order valence-electron chi connectivity index (χ2n) is 4.37.